The van der Waals surface area contributed by atoms with Gasteiger partial charge in [0.05, 0.1) is 35.5 Å². The molecule has 0 unspecified atom stereocenters. The van der Waals surface area contributed by atoms with E-state index >= 15 is 0 Å². The maximum absolute atomic E-state index is 13.9. The molecular formula is C27H24F2N6O. The van der Waals surface area contributed by atoms with Crippen LogP contribution in [0.5, 0.6) is 0 Å². The highest BCUT2D eigenvalue weighted by molar-refractivity contribution is 6.08. The highest BCUT2D eigenvalue weighted by Crippen LogP contribution is 2.28. The Labute approximate surface area is 206 Å². The van der Waals surface area contributed by atoms with Gasteiger partial charge in [0, 0.05) is 5.56 Å². The number of aryl methyl sites for hydroxylation is 2. The second-order valence-electron chi connectivity index (χ2n) is 8.67. The van der Waals surface area contributed by atoms with Crippen LogP contribution in [0.15, 0.2) is 66.9 Å². The third kappa shape index (κ3) is 4.35. The zero-order valence-electron chi connectivity index (χ0n) is 20.0. The molecule has 0 aliphatic carbocycles. The number of carbonyl (C=O) groups excluding carboxylic acids is 1. The van der Waals surface area contributed by atoms with E-state index in [9.17, 15) is 13.6 Å². The molecule has 0 saturated carbocycles. The summed E-state index contributed by atoms with van der Waals surface area (Å²) in [6.07, 6.45) is -1.53. The van der Waals surface area contributed by atoms with Crippen molar-refractivity contribution >= 4 is 17.2 Å². The Morgan fingerprint density at radius 2 is 1.75 bits per heavy atom. The van der Waals surface area contributed by atoms with Gasteiger partial charge in [0.2, 0.25) is 0 Å². The second-order valence-corrected chi connectivity index (χ2v) is 8.67. The topological polar surface area (TPSA) is 77.1 Å². The fraction of sp³-hybridized carbons (Fsp3) is 0.185. The summed E-state index contributed by atoms with van der Waals surface area (Å²) >= 11 is 0. The predicted octanol–water partition coefficient (Wildman–Crippen LogP) is 5.76. The molecule has 0 spiro atoms. The van der Waals surface area contributed by atoms with Gasteiger partial charge in [-0.1, -0.05) is 60.2 Å². The number of fused-ring (bicyclic) bond motifs is 1. The lowest BCUT2D eigenvalue weighted by atomic mass is 10.1. The summed E-state index contributed by atoms with van der Waals surface area (Å²) in [5, 5.41) is 11.5. The summed E-state index contributed by atoms with van der Waals surface area (Å²) in [5.41, 5.74) is 5.09. The van der Waals surface area contributed by atoms with Gasteiger partial charge in [-0.3, -0.25) is 9.48 Å². The van der Waals surface area contributed by atoms with Gasteiger partial charge >= 0.3 is 0 Å². The molecule has 1 amide bonds. The molecule has 0 saturated heterocycles. The first-order valence-electron chi connectivity index (χ1n) is 11.4. The van der Waals surface area contributed by atoms with Gasteiger partial charge in [-0.15, -0.1) is 0 Å². The van der Waals surface area contributed by atoms with E-state index in [1.54, 1.807) is 24.3 Å². The number of rotatable bonds is 6. The van der Waals surface area contributed by atoms with Crippen molar-refractivity contribution < 1.29 is 13.6 Å². The monoisotopic (exact) mass is 486 g/mol. The van der Waals surface area contributed by atoms with Crippen molar-refractivity contribution in [2.24, 2.45) is 0 Å². The van der Waals surface area contributed by atoms with Crippen LogP contribution in [0.2, 0.25) is 0 Å². The van der Waals surface area contributed by atoms with E-state index in [1.165, 1.54) is 17.8 Å². The number of hydrogen-bond donors (Lipinski definition) is 1. The number of nitrogens with zero attached hydrogens (tertiary/aromatic N) is 5. The van der Waals surface area contributed by atoms with Gasteiger partial charge in [-0.2, -0.15) is 10.2 Å². The molecule has 0 fully saturated rings. The number of aromatic nitrogens is 5. The van der Waals surface area contributed by atoms with Crippen LogP contribution in [-0.4, -0.2) is 30.3 Å². The van der Waals surface area contributed by atoms with E-state index in [1.807, 2.05) is 55.8 Å². The molecule has 36 heavy (non-hydrogen) atoms. The van der Waals surface area contributed by atoms with Crippen LogP contribution >= 0.6 is 0 Å². The van der Waals surface area contributed by atoms with Gasteiger partial charge in [0.25, 0.3) is 12.3 Å². The number of nitrogens with one attached hydrogen (secondary N) is 1. The molecule has 0 bridgehead atoms. The third-order valence-electron chi connectivity index (χ3n) is 6.11. The van der Waals surface area contributed by atoms with Gasteiger partial charge in [0.1, 0.15) is 11.3 Å². The summed E-state index contributed by atoms with van der Waals surface area (Å²) < 4.78 is 30.6. The Bertz CT molecular complexity index is 1560. The third-order valence-corrected chi connectivity index (χ3v) is 6.11. The number of anilines is 1. The molecule has 9 heteroatoms. The van der Waals surface area contributed by atoms with E-state index in [4.69, 9.17) is 0 Å². The average Bonchev–Trinajstić information content (AvgIpc) is 3.41. The predicted molar refractivity (Wildman–Crippen MR) is 133 cm³/mol. The average molecular weight is 487 g/mol. The zero-order chi connectivity index (χ0) is 25.4. The summed E-state index contributed by atoms with van der Waals surface area (Å²) in [6.45, 7) is 6.27. The van der Waals surface area contributed by atoms with Gasteiger partial charge in [-0.25, -0.2) is 18.3 Å². The fourth-order valence-corrected chi connectivity index (χ4v) is 4.14. The van der Waals surface area contributed by atoms with Gasteiger partial charge < -0.3 is 5.32 Å². The van der Waals surface area contributed by atoms with E-state index in [0.29, 0.717) is 29.2 Å². The first kappa shape index (κ1) is 23.3. The highest BCUT2D eigenvalue weighted by atomic mass is 19.3. The maximum atomic E-state index is 13.9. The van der Waals surface area contributed by atoms with E-state index < -0.39 is 12.3 Å². The van der Waals surface area contributed by atoms with E-state index in [2.05, 4.69) is 20.5 Å². The minimum absolute atomic E-state index is 0.0616. The summed E-state index contributed by atoms with van der Waals surface area (Å²) in [7, 11) is 0. The Morgan fingerprint density at radius 3 is 2.44 bits per heavy atom. The molecule has 0 radical (unpaired) electrons. The molecule has 3 aromatic heterocycles. The van der Waals surface area contributed by atoms with Crippen LogP contribution in [0.1, 0.15) is 45.0 Å². The number of amides is 1. The van der Waals surface area contributed by atoms with Crippen molar-refractivity contribution in [3.05, 3.63) is 101 Å². The van der Waals surface area contributed by atoms with Crippen LogP contribution in [0, 0.1) is 20.8 Å². The smallest absolute Gasteiger partial charge is 0.280 e. The summed E-state index contributed by atoms with van der Waals surface area (Å²) in [4.78, 5) is 17.8. The molecule has 5 aromatic rings. The van der Waals surface area contributed by atoms with Crippen LogP contribution in [0.4, 0.5) is 14.5 Å². The van der Waals surface area contributed by atoms with Crippen molar-refractivity contribution in [3.8, 4) is 11.3 Å². The van der Waals surface area contributed by atoms with Crippen molar-refractivity contribution in [1.29, 1.82) is 0 Å². The largest absolute Gasteiger partial charge is 0.319 e. The molecule has 0 aliphatic rings. The molecule has 1 N–H and O–H groups in total. The number of alkyl halides is 2. The second kappa shape index (κ2) is 9.33. The Hall–Kier alpha value is -4.40. The van der Waals surface area contributed by atoms with Crippen LogP contribution in [0.25, 0.3) is 16.9 Å². The number of hydrogen-bond acceptors (Lipinski definition) is 4. The Kier molecular flexibility index (Phi) is 6.05. The first-order chi connectivity index (χ1) is 17.3. The Morgan fingerprint density at radius 1 is 1.03 bits per heavy atom. The Balaban J connectivity index is 1.49. The van der Waals surface area contributed by atoms with Gasteiger partial charge in [-0.05, 0) is 32.4 Å². The summed E-state index contributed by atoms with van der Waals surface area (Å²) in [6, 6.07) is 18.4. The van der Waals surface area contributed by atoms with Crippen molar-refractivity contribution in [1.82, 2.24) is 24.4 Å². The number of benzene rings is 2. The van der Waals surface area contributed by atoms with Crippen LogP contribution in [0.3, 0.4) is 0 Å². The minimum Gasteiger partial charge on any atom is -0.319 e. The van der Waals surface area contributed by atoms with Gasteiger partial charge in [0.15, 0.2) is 5.65 Å². The van der Waals surface area contributed by atoms with E-state index in [0.717, 1.165) is 15.8 Å². The lowest BCUT2D eigenvalue weighted by Crippen LogP contribution is -2.14. The molecule has 0 aliphatic heterocycles. The number of carbonyl (C=O) groups is 1. The molecular weight excluding hydrogens is 462 g/mol. The normalized spacial score (nSPS) is 11.4. The van der Waals surface area contributed by atoms with Crippen LogP contribution in [-0.2, 0) is 6.54 Å². The van der Waals surface area contributed by atoms with Crippen LogP contribution < -0.4 is 5.32 Å². The molecule has 5 rings (SSSR count). The minimum atomic E-state index is -2.79. The first-order valence-corrected chi connectivity index (χ1v) is 11.4. The molecule has 7 nitrogen and oxygen atoms in total. The molecule has 182 valence electrons. The zero-order valence-corrected chi connectivity index (χ0v) is 20.0. The fourth-order valence-electron chi connectivity index (χ4n) is 4.14. The number of halogens is 2. The van der Waals surface area contributed by atoms with Crippen molar-refractivity contribution in [3.63, 3.8) is 0 Å². The van der Waals surface area contributed by atoms with E-state index in [-0.39, 0.29) is 16.9 Å². The molecule has 0 atom stereocenters. The van der Waals surface area contributed by atoms with Crippen molar-refractivity contribution in [2.75, 3.05) is 5.32 Å². The highest BCUT2D eigenvalue weighted by Gasteiger charge is 2.23. The lowest BCUT2D eigenvalue weighted by Gasteiger charge is -2.09. The SMILES string of the molecule is Cc1ccc(Cn2nc(C)c(NC(=O)c3cnn4c(C(F)F)cc(-c5ccccc5)nc34)c2C)cc1. The molecule has 3 heterocycles. The van der Waals surface area contributed by atoms with Crippen molar-refractivity contribution in [2.45, 2.75) is 33.7 Å². The quantitative estimate of drug-likeness (QED) is 0.331. The molecule has 2 aromatic carbocycles. The maximum Gasteiger partial charge on any atom is 0.280 e. The summed E-state index contributed by atoms with van der Waals surface area (Å²) in [5.74, 6) is -0.496. The standard InChI is InChI=1S/C27H24F2N6O/c1-16-9-11-19(12-10-16)15-34-18(3)24(17(2)33-34)32-27(36)21-14-30-35-23(25(28)29)13-22(31-26(21)35)20-7-5-4-6-8-20/h4-14,25H,15H2,1-3H3,(H,32,36). The lowest BCUT2D eigenvalue weighted by molar-refractivity contribution is 0.102.